The monoisotopic (exact) mass is 359 g/mol. The number of nitrogens with one attached hydrogen (secondary N) is 1. The molecule has 1 amide bonds. The molecular formula is C19H29N5O2. The molecule has 0 bridgehead atoms. The molecule has 0 saturated carbocycles. The Balaban J connectivity index is 1.27. The maximum Gasteiger partial charge on any atom is 0.249 e. The third-order valence-electron chi connectivity index (χ3n) is 5.84. The number of aryl methyl sites for hydroxylation is 1. The van der Waals surface area contributed by atoms with Crippen molar-refractivity contribution in [1.29, 1.82) is 0 Å². The summed E-state index contributed by atoms with van der Waals surface area (Å²) in [6.07, 6.45) is 5.05. The molecule has 7 nitrogen and oxygen atoms in total. The minimum Gasteiger partial charge on any atom is -0.363 e. The second-order valence-corrected chi connectivity index (χ2v) is 7.66. The molecule has 1 aromatic heterocycles. The molecule has 1 N–H and O–H groups in total. The summed E-state index contributed by atoms with van der Waals surface area (Å²) in [5.41, 5.74) is 0.926. The number of ether oxygens (including phenoxy) is 1. The van der Waals surface area contributed by atoms with Gasteiger partial charge in [-0.3, -0.25) is 4.79 Å². The van der Waals surface area contributed by atoms with Crippen LogP contribution in [-0.4, -0.2) is 72.0 Å². The highest BCUT2D eigenvalue weighted by Gasteiger charge is 2.42. The molecule has 0 spiro atoms. The summed E-state index contributed by atoms with van der Waals surface area (Å²) in [4.78, 5) is 17.2. The van der Waals surface area contributed by atoms with Crippen LogP contribution in [-0.2, 0) is 9.53 Å². The topological polar surface area (TPSA) is 70.6 Å². The molecule has 3 saturated heterocycles. The number of likely N-dealkylation sites (tertiary alicyclic amines) is 1. The number of aromatic nitrogens is 2. The lowest BCUT2D eigenvalue weighted by Crippen LogP contribution is -2.48. The molecular weight excluding hydrogens is 330 g/mol. The van der Waals surface area contributed by atoms with Gasteiger partial charge in [0.1, 0.15) is 6.10 Å². The van der Waals surface area contributed by atoms with Crippen LogP contribution in [0.3, 0.4) is 0 Å². The minimum absolute atomic E-state index is 0.0521. The van der Waals surface area contributed by atoms with Crippen molar-refractivity contribution >= 4 is 11.7 Å². The maximum atomic E-state index is 12.5. The van der Waals surface area contributed by atoms with E-state index in [1.165, 1.54) is 12.8 Å². The second-order valence-electron chi connectivity index (χ2n) is 7.66. The van der Waals surface area contributed by atoms with Gasteiger partial charge in [-0.25, -0.2) is 0 Å². The molecule has 26 heavy (non-hydrogen) atoms. The Labute approximate surface area is 155 Å². The molecule has 3 fully saturated rings. The van der Waals surface area contributed by atoms with Crippen LogP contribution < -0.4 is 10.2 Å². The van der Waals surface area contributed by atoms with E-state index in [-0.39, 0.29) is 18.1 Å². The van der Waals surface area contributed by atoms with Gasteiger partial charge in [-0.15, -0.1) is 5.10 Å². The summed E-state index contributed by atoms with van der Waals surface area (Å²) >= 11 is 0. The van der Waals surface area contributed by atoms with Crippen molar-refractivity contribution < 1.29 is 9.53 Å². The van der Waals surface area contributed by atoms with Crippen LogP contribution in [0.5, 0.6) is 0 Å². The van der Waals surface area contributed by atoms with E-state index in [4.69, 9.17) is 4.74 Å². The van der Waals surface area contributed by atoms with Gasteiger partial charge in [0.2, 0.25) is 5.91 Å². The quantitative estimate of drug-likeness (QED) is 0.850. The summed E-state index contributed by atoms with van der Waals surface area (Å²) < 4.78 is 6.15. The van der Waals surface area contributed by atoms with Crippen molar-refractivity contribution in [2.24, 2.45) is 0 Å². The first-order valence-corrected chi connectivity index (χ1v) is 9.93. The van der Waals surface area contributed by atoms with Crippen LogP contribution in [0.4, 0.5) is 5.82 Å². The molecule has 3 aliphatic heterocycles. The zero-order valence-corrected chi connectivity index (χ0v) is 15.6. The molecule has 0 radical (unpaired) electrons. The predicted octanol–water partition coefficient (Wildman–Crippen LogP) is 1.12. The average Bonchev–Trinajstić information content (AvgIpc) is 3.31. The Bertz CT molecular complexity index is 617. The van der Waals surface area contributed by atoms with Gasteiger partial charge in [0.15, 0.2) is 5.82 Å². The van der Waals surface area contributed by atoms with Crippen molar-refractivity contribution in [1.82, 2.24) is 20.4 Å². The highest BCUT2D eigenvalue weighted by atomic mass is 16.5. The van der Waals surface area contributed by atoms with E-state index in [0.717, 1.165) is 63.5 Å². The fourth-order valence-corrected chi connectivity index (χ4v) is 4.41. The molecule has 0 aromatic carbocycles. The highest BCUT2D eigenvalue weighted by Crippen LogP contribution is 2.33. The first-order chi connectivity index (χ1) is 12.7. The standard InChI is InChI=1S/C19H29N5O2/c1-14-4-7-18(22-21-14)24-12-8-16-15(24)5-6-17(26-16)19(25)20-9-13-23-10-2-3-11-23/h4,7,15-17H,2-3,5-6,8-13H2,1H3,(H,20,25)/t15-,16-,17+/m1/s1. The molecule has 4 rings (SSSR count). The van der Waals surface area contributed by atoms with Crippen LogP contribution in [0.1, 0.15) is 37.8 Å². The molecule has 1 aromatic rings. The summed E-state index contributed by atoms with van der Waals surface area (Å²) in [5.74, 6) is 0.969. The van der Waals surface area contributed by atoms with Gasteiger partial charge >= 0.3 is 0 Å². The van der Waals surface area contributed by atoms with Crippen molar-refractivity contribution in [3.8, 4) is 0 Å². The highest BCUT2D eigenvalue weighted by molar-refractivity contribution is 5.80. The average molecular weight is 359 g/mol. The smallest absolute Gasteiger partial charge is 0.249 e. The number of amides is 1. The van der Waals surface area contributed by atoms with Crippen molar-refractivity contribution in [2.75, 3.05) is 37.6 Å². The third-order valence-corrected chi connectivity index (χ3v) is 5.84. The predicted molar refractivity (Wildman–Crippen MR) is 99.1 cm³/mol. The van der Waals surface area contributed by atoms with E-state index in [0.29, 0.717) is 6.04 Å². The molecule has 142 valence electrons. The largest absolute Gasteiger partial charge is 0.363 e. The van der Waals surface area contributed by atoms with Gasteiger partial charge in [-0.2, -0.15) is 5.10 Å². The van der Waals surface area contributed by atoms with Crippen molar-refractivity contribution in [3.63, 3.8) is 0 Å². The SMILES string of the molecule is Cc1ccc(N2CC[C@H]3O[C@H](C(=O)NCCN4CCCC4)CC[C@H]32)nn1. The Morgan fingerprint density at radius 2 is 2.04 bits per heavy atom. The molecule has 0 unspecified atom stereocenters. The maximum absolute atomic E-state index is 12.5. The van der Waals surface area contributed by atoms with Gasteiger partial charge in [0.25, 0.3) is 0 Å². The molecule has 4 heterocycles. The lowest BCUT2D eigenvalue weighted by atomic mass is 9.98. The molecule has 3 aliphatic rings. The zero-order chi connectivity index (χ0) is 17.9. The number of hydrogen-bond donors (Lipinski definition) is 1. The molecule has 0 aliphatic carbocycles. The Kier molecular flexibility index (Phi) is 5.36. The van der Waals surface area contributed by atoms with E-state index >= 15 is 0 Å². The molecule has 7 heteroatoms. The van der Waals surface area contributed by atoms with E-state index in [2.05, 4.69) is 25.3 Å². The van der Waals surface area contributed by atoms with Gasteiger partial charge in [0, 0.05) is 19.6 Å². The normalized spacial score (nSPS) is 29.0. The van der Waals surface area contributed by atoms with Crippen LogP contribution in [0.15, 0.2) is 12.1 Å². The van der Waals surface area contributed by atoms with E-state index in [1.54, 1.807) is 0 Å². The zero-order valence-electron chi connectivity index (χ0n) is 15.6. The number of hydrogen-bond acceptors (Lipinski definition) is 6. The summed E-state index contributed by atoms with van der Waals surface area (Å²) in [6.45, 7) is 6.85. The minimum atomic E-state index is -0.307. The van der Waals surface area contributed by atoms with E-state index < -0.39 is 0 Å². The summed E-state index contributed by atoms with van der Waals surface area (Å²) in [5, 5.41) is 11.6. The van der Waals surface area contributed by atoms with Crippen LogP contribution >= 0.6 is 0 Å². The van der Waals surface area contributed by atoms with Crippen LogP contribution in [0.25, 0.3) is 0 Å². The van der Waals surface area contributed by atoms with Gasteiger partial charge in [-0.1, -0.05) is 0 Å². The first-order valence-electron chi connectivity index (χ1n) is 9.93. The second kappa shape index (κ2) is 7.88. The first kappa shape index (κ1) is 17.7. The van der Waals surface area contributed by atoms with Gasteiger partial charge in [-0.05, 0) is 64.3 Å². The number of nitrogens with zero attached hydrogens (tertiary/aromatic N) is 4. The number of fused-ring (bicyclic) bond motifs is 1. The van der Waals surface area contributed by atoms with Crippen LogP contribution in [0, 0.1) is 6.92 Å². The third kappa shape index (κ3) is 3.83. The lowest BCUT2D eigenvalue weighted by molar-refractivity contribution is -0.141. The van der Waals surface area contributed by atoms with E-state index in [9.17, 15) is 4.79 Å². The van der Waals surface area contributed by atoms with E-state index in [1.807, 2.05) is 19.1 Å². The number of carbonyl (C=O) groups is 1. The number of carbonyl (C=O) groups excluding carboxylic acids is 1. The Morgan fingerprint density at radius 3 is 2.81 bits per heavy atom. The van der Waals surface area contributed by atoms with Crippen molar-refractivity contribution in [2.45, 2.75) is 57.3 Å². The fourth-order valence-electron chi connectivity index (χ4n) is 4.41. The number of anilines is 1. The Hall–Kier alpha value is -1.73. The van der Waals surface area contributed by atoms with Crippen molar-refractivity contribution in [3.05, 3.63) is 17.8 Å². The van der Waals surface area contributed by atoms with Crippen LogP contribution in [0.2, 0.25) is 0 Å². The Morgan fingerprint density at radius 1 is 1.19 bits per heavy atom. The lowest BCUT2D eigenvalue weighted by Gasteiger charge is -2.35. The molecule has 3 atom stereocenters. The van der Waals surface area contributed by atoms with Gasteiger partial charge < -0.3 is 19.9 Å². The number of rotatable bonds is 5. The van der Waals surface area contributed by atoms with Gasteiger partial charge in [0.05, 0.1) is 17.8 Å². The fraction of sp³-hybridized carbons (Fsp3) is 0.737. The summed E-state index contributed by atoms with van der Waals surface area (Å²) in [7, 11) is 0. The summed E-state index contributed by atoms with van der Waals surface area (Å²) in [6, 6.07) is 4.33.